The normalized spacial score (nSPS) is 13.3. The van der Waals surface area contributed by atoms with Crippen molar-refractivity contribution in [3.8, 4) is 0 Å². The van der Waals surface area contributed by atoms with Crippen molar-refractivity contribution in [3.63, 3.8) is 0 Å². The lowest BCUT2D eigenvalue weighted by molar-refractivity contribution is -0.139. The fourth-order valence-corrected chi connectivity index (χ4v) is 2.96. The summed E-state index contributed by atoms with van der Waals surface area (Å²) in [6.07, 6.45) is 0. The highest BCUT2D eigenvalue weighted by atomic mass is 35.5. The van der Waals surface area contributed by atoms with Crippen LogP contribution < -0.4 is 4.72 Å². The molecule has 0 saturated carbocycles. The first-order chi connectivity index (χ1) is 8.27. The van der Waals surface area contributed by atoms with Crippen LogP contribution in [0, 0.1) is 6.92 Å². The highest BCUT2D eigenvalue weighted by Gasteiger charge is 2.25. The Morgan fingerprint density at radius 3 is 2.56 bits per heavy atom. The summed E-state index contributed by atoms with van der Waals surface area (Å²) >= 11 is 5.70. The first-order valence-corrected chi connectivity index (χ1v) is 6.76. The molecule has 0 aromatic heterocycles. The molecule has 0 fully saturated rings. The van der Waals surface area contributed by atoms with Crippen molar-refractivity contribution < 1.29 is 23.4 Å². The van der Waals surface area contributed by atoms with Gasteiger partial charge in [0.25, 0.3) is 0 Å². The number of hydrogen-bond donors (Lipinski definition) is 3. The summed E-state index contributed by atoms with van der Waals surface area (Å²) in [6.45, 7) is 0.705. The second-order valence-corrected chi connectivity index (χ2v) is 5.72. The Labute approximate surface area is 109 Å². The van der Waals surface area contributed by atoms with Crippen molar-refractivity contribution in [1.29, 1.82) is 0 Å². The molecule has 0 bridgehead atoms. The molecular formula is C10H12ClNO5S. The number of aliphatic hydroxyl groups is 1. The van der Waals surface area contributed by atoms with Gasteiger partial charge >= 0.3 is 5.97 Å². The summed E-state index contributed by atoms with van der Waals surface area (Å²) in [6, 6.07) is 2.53. The molecule has 8 heteroatoms. The molecule has 1 atom stereocenters. The molecule has 1 aromatic rings. The number of hydrogen-bond acceptors (Lipinski definition) is 4. The zero-order valence-electron chi connectivity index (χ0n) is 9.42. The maximum atomic E-state index is 11.9. The van der Waals surface area contributed by atoms with E-state index in [0.29, 0.717) is 10.6 Å². The van der Waals surface area contributed by atoms with Crippen LogP contribution in [0.1, 0.15) is 5.56 Å². The van der Waals surface area contributed by atoms with Crippen LogP contribution in [-0.4, -0.2) is 37.2 Å². The van der Waals surface area contributed by atoms with Gasteiger partial charge in [0.15, 0.2) is 0 Å². The third-order valence-corrected chi connectivity index (χ3v) is 4.07. The zero-order chi connectivity index (χ0) is 13.9. The number of carbonyl (C=O) groups is 1. The number of aliphatic carboxylic acids is 1. The van der Waals surface area contributed by atoms with E-state index >= 15 is 0 Å². The van der Waals surface area contributed by atoms with Crippen LogP contribution in [0.15, 0.2) is 23.1 Å². The average Bonchev–Trinajstić information content (AvgIpc) is 2.24. The molecule has 0 unspecified atom stereocenters. The van der Waals surface area contributed by atoms with Crippen LogP contribution in [-0.2, 0) is 14.8 Å². The first kappa shape index (κ1) is 14.9. The van der Waals surface area contributed by atoms with E-state index in [4.69, 9.17) is 21.8 Å². The SMILES string of the molecule is Cc1cc(Cl)ccc1S(=O)(=O)N[C@@H](CO)C(=O)O. The number of nitrogens with one attached hydrogen (secondary N) is 1. The molecule has 0 amide bonds. The second-order valence-electron chi connectivity index (χ2n) is 3.60. The van der Waals surface area contributed by atoms with Gasteiger partial charge in [-0.25, -0.2) is 8.42 Å². The van der Waals surface area contributed by atoms with Crippen LogP contribution in [0.25, 0.3) is 0 Å². The van der Waals surface area contributed by atoms with E-state index in [9.17, 15) is 13.2 Å². The van der Waals surface area contributed by atoms with Gasteiger partial charge in [0, 0.05) is 5.02 Å². The Morgan fingerprint density at radius 1 is 1.50 bits per heavy atom. The molecule has 100 valence electrons. The van der Waals surface area contributed by atoms with Crippen LogP contribution in [0.2, 0.25) is 5.02 Å². The highest BCUT2D eigenvalue weighted by molar-refractivity contribution is 7.89. The van der Waals surface area contributed by atoms with Gasteiger partial charge in [0.05, 0.1) is 11.5 Å². The van der Waals surface area contributed by atoms with Gasteiger partial charge < -0.3 is 10.2 Å². The van der Waals surface area contributed by atoms with Crippen molar-refractivity contribution in [1.82, 2.24) is 4.72 Å². The van der Waals surface area contributed by atoms with E-state index in [-0.39, 0.29) is 4.90 Å². The number of halogens is 1. The standard InChI is InChI=1S/C10H12ClNO5S/c1-6-4-7(11)2-3-9(6)18(16,17)12-8(5-13)10(14)15/h2-4,8,12-13H,5H2,1H3,(H,14,15)/t8-/m0/s1. The Hall–Kier alpha value is -1.15. The van der Waals surface area contributed by atoms with Crippen molar-refractivity contribution in [3.05, 3.63) is 28.8 Å². The predicted octanol–water partition coefficient (Wildman–Crippen LogP) is 0.372. The molecule has 6 nitrogen and oxygen atoms in total. The van der Waals surface area contributed by atoms with Crippen LogP contribution in [0.5, 0.6) is 0 Å². The Kier molecular flexibility index (Phi) is 4.69. The van der Waals surface area contributed by atoms with Crippen molar-refractivity contribution >= 4 is 27.6 Å². The Bertz CT molecular complexity index is 557. The lowest BCUT2D eigenvalue weighted by Crippen LogP contribution is -2.43. The predicted molar refractivity (Wildman–Crippen MR) is 65.0 cm³/mol. The van der Waals surface area contributed by atoms with Gasteiger partial charge in [0.1, 0.15) is 6.04 Å². The number of carboxylic acids is 1. The molecule has 18 heavy (non-hydrogen) atoms. The largest absolute Gasteiger partial charge is 0.480 e. The average molecular weight is 294 g/mol. The number of aryl methyl sites for hydroxylation is 1. The lowest BCUT2D eigenvalue weighted by Gasteiger charge is -2.13. The monoisotopic (exact) mass is 293 g/mol. The lowest BCUT2D eigenvalue weighted by atomic mass is 10.2. The van der Waals surface area contributed by atoms with Gasteiger partial charge in [-0.15, -0.1) is 0 Å². The molecular weight excluding hydrogens is 282 g/mol. The van der Waals surface area contributed by atoms with Crippen LogP contribution in [0.4, 0.5) is 0 Å². The summed E-state index contributed by atoms with van der Waals surface area (Å²) in [5.41, 5.74) is 0.386. The zero-order valence-corrected chi connectivity index (χ0v) is 11.0. The van der Waals surface area contributed by atoms with Crippen molar-refractivity contribution in [2.75, 3.05) is 6.61 Å². The van der Waals surface area contributed by atoms with E-state index in [1.54, 1.807) is 0 Å². The summed E-state index contributed by atoms with van der Waals surface area (Å²) in [7, 11) is -4.01. The van der Waals surface area contributed by atoms with Gasteiger partial charge in [-0.05, 0) is 30.7 Å². The third-order valence-electron chi connectivity index (χ3n) is 2.20. The fraction of sp³-hybridized carbons (Fsp3) is 0.300. The first-order valence-electron chi connectivity index (χ1n) is 4.90. The molecule has 0 heterocycles. The van der Waals surface area contributed by atoms with E-state index in [1.165, 1.54) is 25.1 Å². The molecule has 0 saturated heterocycles. The molecule has 0 radical (unpaired) electrons. The van der Waals surface area contributed by atoms with Gasteiger partial charge in [-0.3, -0.25) is 4.79 Å². The van der Waals surface area contributed by atoms with Crippen LogP contribution >= 0.6 is 11.6 Å². The molecule has 1 rings (SSSR count). The summed E-state index contributed by atoms with van der Waals surface area (Å²) in [4.78, 5) is 10.6. The second kappa shape index (κ2) is 5.66. The minimum absolute atomic E-state index is 0.0772. The summed E-state index contributed by atoms with van der Waals surface area (Å²) < 4.78 is 25.7. The molecule has 3 N–H and O–H groups in total. The molecule has 0 aliphatic carbocycles. The fourth-order valence-electron chi connectivity index (χ4n) is 1.33. The number of benzene rings is 1. The van der Waals surface area contributed by atoms with Gasteiger partial charge in [-0.1, -0.05) is 11.6 Å². The topological polar surface area (TPSA) is 104 Å². The maximum Gasteiger partial charge on any atom is 0.324 e. The summed E-state index contributed by atoms with van der Waals surface area (Å²) in [5, 5.41) is 17.9. The highest BCUT2D eigenvalue weighted by Crippen LogP contribution is 2.19. The maximum absolute atomic E-state index is 11.9. The minimum Gasteiger partial charge on any atom is -0.480 e. The van der Waals surface area contributed by atoms with E-state index in [0.717, 1.165) is 0 Å². The number of sulfonamides is 1. The summed E-state index contributed by atoms with van der Waals surface area (Å²) in [5.74, 6) is -1.45. The molecule has 1 aromatic carbocycles. The van der Waals surface area contributed by atoms with E-state index < -0.39 is 28.6 Å². The molecule has 0 spiro atoms. The number of aliphatic hydroxyl groups excluding tert-OH is 1. The molecule has 0 aliphatic heterocycles. The van der Waals surface area contributed by atoms with Gasteiger partial charge in [-0.2, -0.15) is 4.72 Å². The smallest absolute Gasteiger partial charge is 0.324 e. The van der Waals surface area contributed by atoms with Gasteiger partial charge in [0.2, 0.25) is 10.0 Å². The van der Waals surface area contributed by atoms with Crippen molar-refractivity contribution in [2.45, 2.75) is 17.9 Å². The van der Waals surface area contributed by atoms with Crippen LogP contribution in [0.3, 0.4) is 0 Å². The van der Waals surface area contributed by atoms with E-state index in [2.05, 4.69) is 0 Å². The number of carboxylic acid groups (broad SMARTS) is 1. The van der Waals surface area contributed by atoms with E-state index in [1.807, 2.05) is 4.72 Å². The molecule has 0 aliphatic rings. The quantitative estimate of drug-likeness (QED) is 0.728. The minimum atomic E-state index is -4.01. The van der Waals surface area contributed by atoms with Crippen molar-refractivity contribution in [2.24, 2.45) is 0 Å². The third kappa shape index (κ3) is 3.42. The number of rotatable bonds is 5. The Balaban J connectivity index is 3.10. The Morgan fingerprint density at radius 2 is 2.11 bits per heavy atom.